The van der Waals surface area contributed by atoms with Gasteiger partial charge in [0.1, 0.15) is 0 Å². The van der Waals surface area contributed by atoms with E-state index in [0.29, 0.717) is 17.1 Å². The number of nitrogens with one attached hydrogen (secondary N) is 1. The quantitative estimate of drug-likeness (QED) is 0.795. The molecule has 0 aliphatic carbocycles. The first kappa shape index (κ1) is 13.9. The van der Waals surface area contributed by atoms with Crippen LogP contribution in [0.3, 0.4) is 0 Å². The Morgan fingerprint density at radius 3 is 2.76 bits per heavy atom. The molecule has 2 nitrogen and oxygen atoms in total. The largest absolute Gasteiger partial charge is 0.302 e. The summed E-state index contributed by atoms with van der Waals surface area (Å²) in [6.07, 6.45) is 0.675. The van der Waals surface area contributed by atoms with Crippen LogP contribution in [-0.2, 0) is 0 Å². The maximum absolute atomic E-state index is 12.9. The number of hydrogen-bond donors (Lipinski definition) is 1. The van der Waals surface area contributed by atoms with Crippen LogP contribution in [0.15, 0.2) is 23.1 Å². The third kappa shape index (κ3) is 4.72. The van der Waals surface area contributed by atoms with Crippen molar-refractivity contribution in [1.29, 1.82) is 5.26 Å². The highest BCUT2D eigenvalue weighted by Crippen LogP contribution is 2.21. The molecule has 0 saturated carbocycles. The van der Waals surface area contributed by atoms with Crippen molar-refractivity contribution >= 4 is 11.8 Å². The zero-order chi connectivity index (χ0) is 12.7. The number of nitriles is 1. The third-order valence-corrected chi connectivity index (χ3v) is 3.20. The lowest BCUT2D eigenvalue weighted by molar-refractivity contribution is 0.506. The number of rotatable bonds is 6. The maximum atomic E-state index is 12.9. The summed E-state index contributed by atoms with van der Waals surface area (Å²) < 4.78 is 25.6. The summed E-state index contributed by atoms with van der Waals surface area (Å²) in [5.74, 6) is -0.980. The maximum Gasteiger partial charge on any atom is 0.159 e. The van der Waals surface area contributed by atoms with Gasteiger partial charge < -0.3 is 5.32 Å². The molecule has 0 heterocycles. The van der Waals surface area contributed by atoms with E-state index >= 15 is 0 Å². The summed E-state index contributed by atoms with van der Waals surface area (Å²) in [6.45, 7) is 2.68. The van der Waals surface area contributed by atoms with Gasteiger partial charge in [-0.1, -0.05) is 6.92 Å². The van der Waals surface area contributed by atoms with Crippen LogP contribution in [0.1, 0.15) is 13.3 Å². The molecule has 1 aromatic carbocycles. The molecule has 1 rings (SSSR count). The summed E-state index contributed by atoms with van der Waals surface area (Å²) in [6, 6.07) is 5.80. The Morgan fingerprint density at radius 2 is 2.18 bits per heavy atom. The van der Waals surface area contributed by atoms with Crippen LogP contribution in [0.25, 0.3) is 0 Å². The van der Waals surface area contributed by atoms with Crippen molar-refractivity contribution in [2.24, 2.45) is 0 Å². The fourth-order valence-electron chi connectivity index (χ4n) is 1.32. The highest BCUT2D eigenvalue weighted by atomic mass is 32.2. The average molecular weight is 256 g/mol. The van der Waals surface area contributed by atoms with Crippen LogP contribution >= 0.6 is 11.8 Å². The number of benzene rings is 1. The van der Waals surface area contributed by atoms with Crippen LogP contribution in [0.5, 0.6) is 0 Å². The van der Waals surface area contributed by atoms with Crippen LogP contribution in [0.4, 0.5) is 8.78 Å². The molecular formula is C12H14F2N2S. The second-order valence-corrected chi connectivity index (χ2v) is 4.62. The summed E-state index contributed by atoms with van der Waals surface area (Å²) in [4.78, 5) is 0.678. The first-order valence-electron chi connectivity index (χ1n) is 5.38. The van der Waals surface area contributed by atoms with Crippen molar-refractivity contribution in [2.75, 3.05) is 12.3 Å². The van der Waals surface area contributed by atoms with Gasteiger partial charge in [-0.3, -0.25) is 0 Å². The van der Waals surface area contributed by atoms with E-state index in [1.165, 1.54) is 23.9 Å². The van der Waals surface area contributed by atoms with E-state index < -0.39 is 11.6 Å². The predicted molar refractivity (Wildman–Crippen MR) is 64.8 cm³/mol. The van der Waals surface area contributed by atoms with Crippen molar-refractivity contribution < 1.29 is 8.78 Å². The molecule has 0 bridgehead atoms. The first-order chi connectivity index (χ1) is 8.17. The average Bonchev–Trinajstić information content (AvgIpc) is 2.32. The standard InChI is InChI=1S/C12H14F2N2S/c1-2-16-9(8-15)5-6-17-10-3-4-11(13)12(14)7-10/h3-4,7,9,16H,2,5-6H2,1H3. The van der Waals surface area contributed by atoms with Crippen LogP contribution < -0.4 is 5.32 Å². The molecule has 0 saturated heterocycles. The molecule has 1 N–H and O–H groups in total. The van der Waals surface area contributed by atoms with E-state index in [-0.39, 0.29) is 6.04 Å². The van der Waals surface area contributed by atoms with Gasteiger partial charge in [-0.2, -0.15) is 5.26 Å². The molecule has 0 amide bonds. The van der Waals surface area contributed by atoms with Gasteiger partial charge in [-0.05, 0) is 31.2 Å². The zero-order valence-corrected chi connectivity index (χ0v) is 10.4. The Labute approximate surface area is 104 Å². The Morgan fingerprint density at radius 1 is 1.41 bits per heavy atom. The molecule has 0 aliphatic heterocycles. The van der Waals surface area contributed by atoms with Gasteiger partial charge in [-0.15, -0.1) is 11.8 Å². The summed E-state index contributed by atoms with van der Waals surface area (Å²) in [5, 5.41) is 11.8. The van der Waals surface area contributed by atoms with E-state index in [1.807, 2.05) is 6.92 Å². The Hall–Kier alpha value is -1.12. The molecule has 0 aromatic heterocycles. The minimum absolute atomic E-state index is 0.183. The van der Waals surface area contributed by atoms with E-state index in [1.54, 1.807) is 0 Å². The van der Waals surface area contributed by atoms with Gasteiger partial charge in [0, 0.05) is 10.6 Å². The van der Waals surface area contributed by atoms with Crippen molar-refractivity contribution in [3.8, 4) is 6.07 Å². The minimum Gasteiger partial charge on any atom is -0.302 e. The molecule has 0 radical (unpaired) electrons. The Bertz CT molecular complexity index is 404. The molecular weight excluding hydrogens is 242 g/mol. The molecule has 1 unspecified atom stereocenters. The lowest BCUT2D eigenvalue weighted by Gasteiger charge is -2.09. The minimum atomic E-state index is -0.836. The molecule has 5 heteroatoms. The highest BCUT2D eigenvalue weighted by Gasteiger charge is 2.06. The number of halogens is 2. The fourth-order valence-corrected chi connectivity index (χ4v) is 2.26. The second-order valence-electron chi connectivity index (χ2n) is 3.45. The van der Waals surface area contributed by atoms with Gasteiger partial charge in [0.2, 0.25) is 0 Å². The third-order valence-electron chi connectivity index (χ3n) is 2.17. The molecule has 1 atom stereocenters. The second kappa shape index (κ2) is 7.25. The van der Waals surface area contributed by atoms with Crippen LogP contribution in [0.2, 0.25) is 0 Å². The topological polar surface area (TPSA) is 35.8 Å². The van der Waals surface area contributed by atoms with Crippen LogP contribution in [0, 0.1) is 23.0 Å². The van der Waals surface area contributed by atoms with Crippen molar-refractivity contribution in [2.45, 2.75) is 24.3 Å². The van der Waals surface area contributed by atoms with E-state index in [0.717, 1.165) is 12.6 Å². The zero-order valence-electron chi connectivity index (χ0n) is 9.54. The smallest absolute Gasteiger partial charge is 0.159 e. The summed E-state index contributed by atoms with van der Waals surface area (Å²) in [7, 11) is 0. The van der Waals surface area contributed by atoms with Gasteiger partial charge in [-0.25, -0.2) is 8.78 Å². The lowest BCUT2D eigenvalue weighted by Crippen LogP contribution is -2.27. The fraction of sp³-hybridized carbons (Fsp3) is 0.417. The van der Waals surface area contributed by atoms with Crippen molar-refractivity contribution in [1.82, 2.24) is 5.32 Å². The molecule has 1 aromatic rings. The number of nitrogens with zero attached hydrogens (tertiary/aromatic N) is 1. The summed E-state index contributed by atoms with van der Waals surface area (Å²) >= 11 is 1.42. The van der Waals surface area contributed by atoms with E-state index in [2.05, 4.69) is 11.4 Å². The monoisotopic (exact) mass is 256 g/mol. The van der Waals surface area contributed by atoms with Gasteiger partial charge in [0.25, 0.3) is 0 Å². The van der Waals surface area contributed by atoms with Crippen LogP contribution in [-0.4, -0.2) is 18.3 Å². The lowest BCUT2D eigenvalue weighted by atomic mass is 10.2. The van der Waals surface area contributed by atoms with Gasteiger partial charge >= 0.3 is 0 Å². The molecule has 0 spiro atoms. The normalized spacial score (nSPS) is 12.1. The van der Waals surface area contributed by atoms with E-state index in [9.17, 15) is 8.78 Å². The first-order valence-corrected chi connectivity index (χ1v) is 6.36. The Kier molecular flexibility index (Phi) is 5.95. The number of thioether (sulfide) groups is 1. The van der Waals surface area contributed by atoms with Gasteiger partial charge in [0.15, 0.2) is 11.6 Å². The molecule has 0 aliphatic rings. The van der Waals surface area contributed by atoms with Crippen molar-refractivity contribution in [3.63, 3.8) is 0 Å². The highest BCUT2D eigenvalue weighted by molar-refractivity contribution is 7.99. The van der Waals surface area contributed by atoms with E-state index in [4.69, 9.17) is 5.26 Å². The SMILES string of the molecule is CCNC(C#N)CCSc1ccc(F)c(F)c1. The molecule has 92 valence electrons. The van der Waals surface area contributed by atoms with Gasteiger partial charge in [0.05, 0.1) is 12.1 Å². The Balaban J connectivity index is 2.40. The van der Waals surface area contributed by atoms with Crippen molar-refractivity contribution in [3.05, 3.63) is 29.8 Å². The molecule has 17 heavy (non-hydrogen) atoms. The predicted octanol–water partition coefficient (Wildman–Crippen LogP) is 2.95. The number of hydrogen-bond acceptors (Lipinski definition) is 3. The molecule has 0 fully saturated rings. The summed E-state index contributed by atoms with van der Waals surface area (Å²) in [5.41, 5.74) is 0.